The van der Waals surface area contributed by atoms with Crippen molar-refractivity contribution in [1.29, 1.82) is 0 Å². The Hall–Kier alpha value is -0.870. The van der Waals surface area contributed by atoms with Gasteiger partial charge in [0.1, 0.15) is 0 Å². The molecular weight excluding hydrogens is 306 g/mol. The van der Waals surface area contributed by atoms with Gasteiger partial charge in [-0.2, -0.15) is 0 Å². The second kappa shape index (κ2) is 6.53. The SMILES string of the molecule is CC(CC(=O)NCC(O)C1CC1)c1ccc(Br)cc1. The smallest absolute Gasteiger partial charge is 0.220 e. The molecule has 2 rings (SSSR count). The Morgan fingerprint density at radius 2 is 2.05 bits per heavy atom. The highest BCUT2D eigenvalue weighted by Gasteiger charge is 2.29. The highest BCUT2D eigenvalue weighted by atomic mass is 79.9. The van der Waals surface area contributed by atoms with Crippen LogP contribution in [0.25, 0.3) is 0 Å². The van der Waals surface area contributed by atoms with Crippen molar-refractivity contribution in [3.05, 3.63) is 34.3 Å². The van der Waals surface area contributed by atoms with Crippen molar-refractivity contribution in [3.8, 4) is 0 Å². The Balaban J connectivity index is 1.76. The molecule has 0 spiro atoms. The molecular formula is C15H20BrNO2. The molecule has 0 heterocycles. The van der Waals surface area contributed by atoms with Gasteiger partial charge >= 0.3 is 0 Å². The minimum absolute atomic E-state index is 0.00937. The third-order valence-electron chi connectivity index (χ3n) is 3.61. The van der Waals surface area contributed by atoms with Crippen LogP contribution in [0.2, 0.25) is 0 Å². The molecule has 1 aromatic carbocycles. The van der Waals surface area contributed by atoms with E-state index in [9.17, 15) is 9.90 Å². The molecule has 104 valence electrons. The molecule has 1 amide bonds. The van der Waals surface area contributed by atoms with Gasteiger partial charge < -0.3 is 10.4 Å². The molecule has 3 nitrogen and oxygen atoms in total. The molecule has 1 aliphatic rings. The van der Waals surface area contributed by atoms with Gasteiger partial charge in [0.05, 0.1) is 6.10 Å². The van der Waals surface area contributed by atoms with E-state index in [1.54, 1.807) is 0 Å². The van der Waals surface area contributed by atoms with Gasteiger partial charge in [0.2, 0.25) is 5.91 Å². The Morgan fingerprint density at radius 3 is 2.63 bits per heavy atom. The summed E-state index contributed by atoms with van der Waals surface area (Å²) in [6.07, 6.45) is 2.27. The third-order valence-corrected chi connectivity index (χ3v) is 4.13. The highest BCUT2D eigenvalue weighted by molar-refractivity contribution is 9.10. The van der Waals surface area contributed by atoms with E-state index in [-0.39, 0.29) is 17.9 Å². The van der Waals surface area contributed by atoms with Gasteiger partial charge in [-0.3, -0.25) is 4.79 Å². The summed E-state index contributed by atoms with van der Waals surface area (Å²) in [6.45, 7) is 2.43. The number of carbonyl (C=O) groups is 1. The van der Waals surface area contributed by atoms with Crippen molar-refractivity contribution in [3.63, 3.8) is 0 Å². The lowest BCUT2D eigenvalue weighted by Crippen LogP contribution is -2.33. The van der Waals surface area contributed by atoms with Crippen LogP contribution in [0.15, 0.2) is 28.7 Å². The van der Waals surface area contributed by atoms with E-state index in [0.717, 1.165) is 22.9 Å². The van der Waals surface area contributed by atoms with Crippen molar-refractivity contribution in [1.82, 2.24) is 5.32 Å². The predicted molar refractivity (Wildman–Crippen MR) is 78.9 cm³/mol. The summed E-state index contributed by atoms with van der Waals surface area (Å²) < 4.78 is 1.04. The summed E-state index contributed by atoms with van der Waals surface area (Å²) in [5.74, 6) is 0.602. The number of rotatable bonds is 6. The normalized spacial score (nSPS) is 17.8. The summed E-state index contributed by atoms with van der Waals surface area (Å²) in [5, 5.41) is 12.5. The van der Waals surface area contributed by atoms with Crippen LogP contribution in [0, 0.1) is 5.92 Å². The van der Waals surface area contributed by atoms with E-state index >= 15 is 0 Å². The number of hydrogen-bond donors (Lipinski definition) is 2. The molecule has 1 aromatic rings. The van der Waals surface area contributed by atoms with Crippen LogP contribution in [0.4, 0.5) is 0 Å². The van der Waals surface area contributed by atoms with Crippen LogP contribution in [0.5, 0.6) is 0 Å². The fraction of sp³-hybridized carbons (Fsp3) is 0.533. The van der Waals surface area contributed by atoms with E-state index < -0.39 is 0 Å². The second-order valence-electron chi connectivity index (χ2n) is 5.37. The number of carbonyl (C=O) groups excluding carboxylic acids is 1. The van der Waals surface area contributed by atoms with Gasteiger partial charge in [0, 0.05) is 17.4 Å². The van der Waals surface area contributed by atoms with Gasteiger partial charge in [0.15, 0.2) is 0 Å². The molecule has 0 radical (unpaired) electrons. The molecule has 1 fully saturated rings. The molecule has 2 unspecified atom stereocenters. The van der Waals surface area contributed by atoms with Gasteiger partial charge in [-0.15, -0.1) is 0 Å². The monoisotopic (exact) mass is 325 g/mol. The van der Waals surface area contributed by atoms with E-state index in [2.05, 4.69) is 21.2 Å². The van der Waals surface area contributed by atoms with E-state index in [0.29, 0.717) is 18.9 Å². The predicted octanol–water partition coefficient (Wildman–Crippen LogP) is 2.83. The van der Waals surface area contributed by atoms with Crippen LogP contribution in [-0.4, -0.2) is 23.7 Å². The molecule has 2 atom stereocenters. The zero-order valence-electron chi connectivity index (χ0n) is 11.1. The average Bonchev–Trinajstić information content (AvgIpc) is 3.21. The van der Waals surface area contributed by atoms with E-state index in [1.807, 2.05) is 31.2 Å². The number of benzene rings is 1. The number of amides is 1. The Kier molecular flexibility index (Phi) is 4.99. The number of aliphatic hydroxyl groups is 1. The minimum atomic E-state index is -0.369. The maximum atomic E-state index is 11.8. The molecule has 2 N–H and O–H groups in total. The van der Waals surface area contributed by atoms with Crippen molar-refractivity contribution in [2.45, 2.75) is 38.2 Å². The molecule has 19 heavy (non-hydrogen) atoms. The fourth-order valence-electron chi connectivity index (χ4n) is 2.13. The van der Waals surface area contributed by atoms with Crippen LogP contribution in [0.3, 0.4) is 0 Å². The molecule has 0 bridgehead atoms. The molecule has 1 aliphatic carbocycles. The zero-order valence-corrected chi connectivity index (χ0v) is 12.7. The van der Waals surface area contributed by atoms with Gasteiger partial charge in [-0.1, -0.05) is 35.0 Å². The largest absolute Gasteiger partial charge is 0.391 e. The summed E-state index contributed by atoms with van der Waals surface area (Å²) in [4.78, 5) is 11.8. The maximum absolute atomic E-state index is 11.8. The Labute approximate surface area is 122 Å². The minimum Gasteiger partial charge on any atom is -0.391 e. The topological polar surface area (TPSA) is 49.3 Å². The van der Waals surface area contributed by atoms with Crippen LogP contribution in [-0.2, 0) is 4.79 Å². The van der Waals surface area contributed by atoms with Crippen molar-refractivity contribution in [2.24, 2.45) is 5.92 Å². The first-order valence-corrected chi connectivity index (χ1v) is 7.56. The van der Waals surface area contributed by atoms with Gasteiger partial charge in [-0.05, 0) is 42.4 Å². The van der Waals surface area contributed by atoms with Crippen molar-refractivity contribution >= 4 is 21.8 Å². The number of halogens is 1. The first kappa shape index (κ1) is 14.5. The Morgan fingerprint density at radius 1 is 1.42 bits per heavy atom. The fourth-order valence-corrected chi connectivity index (χ4v) is 2.39. The lowest BCUT2D eigenvalue weighted by atomic mass is 9.97. The van der Waals surface area contributed by atoms with E-state index in [4.69, 9.17) is 0 Å². The average molecular weight is 326 g/mol. The van der Waals surface area contributed by atoms with Crippen LogP contribution in [0.1, 0.15) is 37.7 Å². The van der Waals surface area contributed by atoms with Crippen LogP contribution >= 0.6 is 15.9 Å². The first-order valence-electron chi connectivity index (χ1n) is 6.76. The number of nitrogens with one attached hydrogen (secondary N) is 1. The standard InChI is InChI=1S/C15H20BrNO2/c1-10(11-4-6-13(16)7-5-11)8-15(19)17-9-14(18)12-2-3-12/h4-7,10,12,14,18H,2-3,8-9H2,1H3,(H,17,19). The van der Waals surface area contributed by atoms with Gasteiger partial charge in [-0.25, -0.2) is 0 Å². The molecule has 0 saturated heterocycles. The Bertz CT molecular complexity index is 428. The van der Waals surface area contributed by atoms with Gasteiger partial charge in [0.25, 0.3) is 0 Å². The lowest BCUT2D eigenvalue weighted by molar-refractivity contribution is -0.121. The molecule has 1 saturated carbocycles. The summed E-state index contributed by atoms with van der Waals surface area (Å²) in [6, 6.07) is 8.03. The second-order valence-corrected chi connectivity index (χ2v) is 6.28. The number of hydrogen-bond acceptors (Lipinski definition) is 2. The zero-order chi connectivity index (χ0) is 13.8. The van der Waals surface area contributed by atoms with Crippen molar-refractivity contribution < 1.29 is 9.90 Å². The third kappa shape index (κ3) is 4.62. The summed E-state index contributed by atoms with van der Waals surface area (Å²) >= 11 is 3.40. The quantitative estimate of drug-likeness (QED) is 0.844. The van der Waals surface area contributed by atoms with E-state index in [1.165, 1.54) is 0 Å². The summed E-state index contributed by atoms with van der Waals surface area (Å²) in [7, 11) is 0. The summed E-state index contributed by atoms with van der Waals surface area (Å²) in [5.41, 5.74) is 1.15. The highest BCUT2D eigenvalue weighted by Crippen LogP contribution is 2.32. The molecule has 4 heteroatoms. The van der Waals surface area contributed by atoms with Crippen LogP contribution < -0.4 is 5.32 Å². The molecule has 0 aromatic heterocycles. The first-order chi connectivity index (χ1) is 9.06. The molecule has 0 aliphatic heterocycles. The maximum Gasteiger partial charge on any atom is 0.220 e. The number of aliphatic hydroxyl groups excluding tert-OH is 1. The van der Waals surface area contributed by atoms with Crippen molar-refractivity contribution in [2.75, 3.05) is 6.54 Å². The lowest BCUT2D eigenvalue weighted by Gasteiger charge is -2.14.